The molecule has 26 heavy (non-hydrogen) atoms. The number of carbonyl (C=O) groups excluding carboxylic acids is 1. The molecule has 2 aromatic carbocycles. The highest BCUT2D eigenvalue weighted by atomic mass is 35.5. The molecular formula is C19H14ClN5O. The predicted octanol–water partition coefficient (Wildman–Crippen LogP) is 3.99. The summed E-state index contributed by atoms with van der Waals surface area (Å²) in [5.74, 6) is -0.159. The number of benzene rings is 2. The summed E-state index contributed by atoms with van der Waals surface area (Å²) in [7, 11) is 0. The zero-order chi connectivity index (χ0) is 18.5. The Labute approximate surface area is 155 Å². The fourth-order valence-electron chi connectivity index (χ4n) is 2.68. The lowest BCUT2D eigenvalue weighted by Gasteiger charge is -2.14. The van der Waals surface area contributed by atoms with Gasteiger partial charge in [-0.2, -0.15) is 15.6 Å². The molecule has 0 aliphatic carbocycles. The van der Waals surface area contributed by atoms with E-state index in [1.165, 1.54) is 5.01 Å². The minimum absolute atomic E-state index is 0.159. The molecule has 1 N–H and O–H groups in total. The predicted molar refractivity (Wildman–Crippen MR) is 98.6 cm³/mol. The molecule has 6 nitrogen and oxygen atoms in total. The molecule has 1 aliphatic heterocycles. The number of hydrogen-bond acceptors (Lipinski definition) is 4. The van der Waals surface area contributed by atoms with Crippen LogP contribution in [0.15, 0.2) is 53.6 Å². The Kier molecular flexibility index (Phi) is 5.17. The summed E-state index contributed by atoms with van der Waals surface area (Å²) in [5, 5.41) is 27.0. The summed E-state index contributed by atoms with van der Waals surface area (Å²) < 4.78 is 0. The van der Waals surface area contributed by atoms with Crippen molar-refractivity contribution >= 4 is 29.0 Å². The topological polar surface area (TPSA) is 92.3 Å². The van der Waals surface area contributed by atoms with Gasteiger partial charge in [0.15, 0.2) is 0 Å². The van der Waals surface area contributed by atoms with Gasteiger partial charge in [-0.3, -0.25) is 0 Å². The van der Waals surface area contributed by atoms with Gasteiger partial charge in [0.1, 0.15) is 0 Å². The van der Waals surface area contributed by atoms with Crippen molar-refractivity contribution in [3.8, 4) is 12.1 Å². The maximum Gasteiger partial charge on any atom is 0.342 e. The van der Waals surface area contributed by atoms with Crippen molar-refractivity contribution in [2.24, 2.45) is 11.0 Å². The highest BCUT2D eigenvalue weighted by molar-refractivity contribution is 6.30. The molecule has 2 amide bonds. The molecule has 2 aromatic rings. The van der Waals surface area contributed by atoms with E-state index in [9.17, 15) is 4.79 Å². The molecule has 0 aromatic heterocycles. The molecule has 3 rings (SSSR count). The van der Waals surface area contributed by atoms with Gasteiger partial charge in [0.25, 0.3) is 0 Å². The van der Waals surface area contributed by atoms with Gasteiger partial charge in [-0.1, -0.05) is 23.7 Å². The van der Waals surface area contributed by atoms with Crippen LogP contribution >= 0.6 is 11.6 Å². The summed E-state index contributed by atoms with van der Waals surface area (Å²) in [4.78, 5) is 12.5. The lowest BCUT2D eigenvalue weighted by Crippen LogP contribution is -2.30. The van der Waals surface area contributed by atoms with E-state index in [1.807, 2.05) is 18.2 Å². The van der Waals surface area contributed by atoms with E-state index >= 15 is 0 Å². The standard InChI is InChI=1S/C19H14ClN5O/c20-16-5-3-14(4-6-16)18-15(9-10-21)12-25(24-18)19(26)23-17-7-1-13(11-22)2-8-17/h1-8,15H,9,12H2,(H,23,26). The smallest absolute Gasteiger partial charge is 0.306 e. The third-order valence-electron chi connectivity index (χ3n) is 3.99. The molecule has 1 aliphatic rings. The number of hydrazone groups is 1. The molecule has 7 heteroatoms. The SMILES string of the molecule is N#CCC1CN(C(=O)Nc2ccc(C#N)cc2)N=C1c1ccc(Cl)cc1. The first-order valence-electron chi connectivity index (χ1n) is 7.91. The van der Waals surface area contributed by atoms with Crippen molar-refractivity contribution in [1.29, 1.82) is 10.5 Å². The van der Waals surface area contributed by atoms with Crippen LogP contribution in [0.25, 0.3) is 0 Å². The summed E-state index contributed by atoms with van der Waals surface area (Å²) >= 11 is 5.92. The monoisotopic (exact) mass is 363 g/mol. The average Bonchev–Trinajstić information content (AvgIpc) is 3.07. The number of rotatable bonds is 3. The molecule has 1 atom stereocenters. The fraction of sp³-hybridized carbons (Fsp3) is 0.158. The molecule has 1 heterocycles. The molecule has 0 fully saturated rings. The van der Waals surface area contributed by atoms with Crippen molar-refractivity contribution in [2.45, 2.75) is 6.42 Å². The van der Waals surface area contributed by atoms with Crippen LogP contribution in [0.5, 0.6) is 0 Å². The molecule has 0 saturated heterocycles. The molecular weight excluding hydrogens is 350 g/mol. The van der Waals surface area contributed by atoms with Gasteiger partial charge in [-0.15, -0.1) is 0 Å². The molecule has 0 spiro atoms. The van der Waals surface area contributed by atoms with Gasteiger partial charge in [0.05, 0.1) is 30.0 Å². The number of nitrogens with one attached hydrogen (secondary N) is 1. The molecule has 0 bridgehead atoms. The van der Waals surface area contributed by atoms with Crippen molar-refractivity contribution in [3.05, 3.63) is 64.7 Å². The minimum Gasteiger partial charge on any atom is -0.306 e. The first kappa shape index (κ1) is 17.5. The van der Waals surface area contributed by atoms with Crippen LogP contribution < -0.4 is 5.32 Å². The summed E-state index contributed by atoms with van der Waals surface area (Å²) in [6, 6.07) is 17.5. The Morgan fingerprint density at radius 3 is 2.50 bits per heavy atom. The van der Waals surface area contributed by atoms with Gasteiger partial charge >= 0.3 is 6.03 Å². The summed E-state index contributed by atoms with van der Waals surface area (Å²) in [6.07, 6.45) is 0.266. The second-order valence-corrected chi connectivity index (χ2v) is 6.19. The van der Waals surface area contributed by atoms with E-state index in [2.05, 4.69) is 16.5 Å². The van der Waals surface area contributed by atoms with Crippen molar-refractivity contribution in [3.63, 3.8) is 0 Å². The summed E-state index contributed by atoms with van der Waals surface area (Å²) in [6.45, 7) is 0.327. The Balaban J connectivity index is 1.78. The van der Waals surface area contributed by atoms with E-state index < -0.39 is 0 Å². The largest absolute Gasteiger partial charge is 0.342 e. The number of hydrogen-bond donors (Lipinski definition) is 1. The molecule has 0 saturated carbocycles. The van der Waals surface area contributed by atoms with E-state index in [4.69, 9.17) is 22.1 Å². The average molecular weight is 364 g/mol. The number of urea groups is 1. The van der Waals surface area contributed by atoms with Crippen LogP contribution in [0.2, 0.25) is 5.02 Å². The zero-order valence-electron chi connectivity index (χ0n) is 13.7. The van der Waals surface area contributed by atoms with Crippen LogP contribution in [0, 0.1) is 28.6 Å². The molecule has 0 radical (unpaired) electrons. The quantitative estimate of drug-likeness (QED) is 0.893. The first-order chi connectivity index (χ1) is 12.6. The van der Waals surface area contributed by atoms with Crippen LogP contribution in [-0.4, -0.2) is 23.3 Å². The fourth-order valence-corrected chi connectivity index (χ4v) is 2.80. The van der Waals surface area contributed by atoms with Crippen LogP contribution in [0.4, 0.5) is 10.5 Å². The normalized spacial score (nSPS) is 15.7. The Hall–Kier alpha value is -3.35. The number of halogens is 1. The zero-order valence-corrected chi connectivity index (χ0v) is 14.4. The maximum absolute atomic E-state index is 12.5. The van der Waals surface area contributed by atoms with E-state index in [1.54, 1.807) is 36.4 Å². The second kappa shape index (κ2) is 7.69. The third kappa shape index (κ3) is 3.83. The van der Waals surface area contributed by atoms with Crippen molar-refractivity contribution in [1.82, 2.24) is 5.01 Å². The molecule has 1 unspecified atom stereocenters. The number of anilines is 1. The molecule has 128 valence electrons. The van der Waals surface area contributed by atoms with Gasteiger partial charge in [-0.05, 0) is 42.0 Å². The Bertz CT molecular complexity index is 922. The first-order valence-corrected chi connectivity index (χ1v) is 8.28. The highest BCUT2D eigenvalue weighted by Gasteiger charge is 2.31. The minimum atomic E-state index is -0.387. The second-order valence-electron chi connectivity index (χ2n) is 5.75. The van der Waals surface area contributed by atoms with Crippen LogP contribution in [0.3, 0.4) is 0 Å². The van der Waals surface area contributed by atoms with E-state index in [-0.39, 0.29) is 18.4 Å². The van der Waals surface area contributed by atoms with Gasteiger partial charge in [-0.25, -0.2) is 9.80 Å². The van der Waals surface area contributed by atoms with Gasteiger partial charge in [0.2, 0.25) is 0 Å². The van der Waals surface area contributed by atoms with Crippen molar-refractivity contribution < 1.29 is 4.79 Å². The number of amides is 2. The van der Waals surface area contributed by atoms with E-state index in [0.717, 1.165) is 5.56 Å². The highest BCUT2D eigenvalue weighted by Crippen LogP contribution is 2.24. The van der Waals surface area contributed by atoms with Gasteiger partial charge in [0, 0.05) is 23.0 Å². The number of nitrogens with zero attached hydrogens (tertiary/aromatic N) is 4. The van der Waals surface area contributed by atoms with E-state index in [0.29, 0.717) is 28.5 Å². The lowest BCUT2D eigenvalue weighted by molar-refractivity contribution is 0.216. The number of nitriles is 2. The Morgan fingerprint density at radius 1 is 1.19 bits per heavy atom. The maximum atomic E-state index is 12.5. The van der Waals surface area contributed by atoms with Crippen LogP contribution in [0.1, 0.15) is 17.5 Å². The van der Waals surface area contributed by atoms with Crippen LogP contribution in [-0.2, 0) is 0 Å². The Morgan fingerprint density at radius 2 is 1.88 bits per heavy atom. The van der Waals surface area contributed by atoms with Crippen molar-refractivity contribution in [2.75, 3.05) is 11.9 Å². The lowest BCUT2D eigenvalue weighted by atomic mass is 9.95. The van der Waals surface area contributed by atoms with Gasteiger partial charge < -0.3 is 5.32 Å². The number of carbonyl (C=O) groups is 1. The summed E-state index contributed by atoms with van der Waals surface area (Å²) in [5.41, 5.74) is 2.61. The third-order valence-corrected chi connectivity index (χ3v) is 4.24.